The normalized spacial score (nSPS) is 16.7. The molecule has 55 heavy (non-hydrogen) atoms. The van der Waals surface area contributed by atoms with Gasteiger partial charge in [-0.3, -0.25) is 14.4 Å². The minimum Gasteiger partial charge on any atom is -0.506 e. The second-order valence-electron chi connectivity index (χ2n) is 14.0. The topological polar surface area (TPSA) is 193 Å². The lowest BCUT2D eigenvalue weighted by Crippen LogP contribution is -2.54. The van der Waals surface area contributed by atoms with Crippen LogP contribution in [0.25, 0.3) is 0 Å². The molecule has 0 aliphatic carbocycles. The van der Waals surface area contributed by atoms with E-state index in [0.29, 0.717) is 42.4 Å². The number of aliphatic hydroxyl groups is 1. The second kappa shape index (κ2) is 15.8. The SMILES string of the molecule is C=C1N(CC(=O)Nc2ccc(OC(C)(C)O)cc2O)C(CC)=C(N2CCN(C(=O)c3ncnc(C)c3O)CC2)C(=O)N1/N=C(\C)c1ccc2c(c1)CCOC2. The first-order chi connectivity index (χ1) is 26.1. The predicted molar refractivity (Wildman–Crippen MR) is 202 cm³/mol. The van der Waals surface area contributed by atoms with Crippen molar-refractivity contribution < 1.29 is 39.2 Å². The first-order valence-electron chi connectivity index (χ1n) is 18.0. The molecule has 1 saturated heterocycles. The Morgan fingerprint density at radius 3 is 2.51 bits per heavy atom. The summed E-state index contributed by atoms with van der Waals surface area (Å²) in [4.78, 5) is 54.6. The Labute approximate surface area is 319 Å². The fraction of sp³-hybridized carbons (Fsp3) is 0.385. The Morgan fingerprint density at radius 2 is 1.82 bits per heavy atom. The number of fused-ring (bicyclic) bond motifs is 1. The van der Waals surface area contributed by atoms with Crippen molar-refractivity contribution in [2.75, 3.05) is 44.6 Å². The number of anilines is 1. The summed E-state index contributed by atoms with van der Waals surface area (Å²) in [5, 5.41) is 39.8. The molecule has 3 aliphatic heterocycles. The van der Waals surface area contributed by atoms with Gasteiger partial charge in [0.25, 0.3) is 11.8 Å². The van der Waals surface area contributed by atoms with Crippen LogP contribution in [0.2, 0.25) is 0 Å². The Balaban J connectivity index is 1.29. The maximum Gasteiger partial charge on any atom is 0.298 e. The van der Waals surface area contributed by atoms with Crippen LogP contribution in [0.5, 0.6) is 17.2 Å². The molecule has 16 nitrogen and oxygen atoms in total. The van der Waals surface area contributed by atoms with Crippen molar-refractivity contribution in [1.82, 2.24) is 29.7 Å². The van der Waals surface area contributed by atoms with Crippen molar-refractivity contribution in [2.24, 2.45) is 5.10 Å². The molecule has 16 heteroatoms. The number of piperazine rings is 1. The number of nitrogens with zero attached hydrogens (tertiary/aromatic N) is 7. The standard InChI is InChI=1S/C39H46N8O8/c1-7-31-35(44-13-15-45(16-14-44)37(51)34-36(50)24(3)40-22-41-34)38(52)47(43-23(2)26-8-9-28-21-54-17-12-27(28)18-26)25(4)46(31)20-33(49)42-30-11-10-29(19-32(30)48)55-39(5,6)53/h8-11,18-19,22,48,50,53H,4,7,12-17,20-21H2,1-3,5-6H3,(H,42,49)/b43-23+. The number of aromatic hydroxyl groups is 2. The summed E-state index contributed by atoms with van der Waals surface area (Å²) < 4.78 is 11.0. The monoisotopic (exact) mass is 754 g/mol. The van der Waals surface area contributed by atoms with Crippen LogP contribution in [0.1, 0.15) is 67.0 Å². The Bertz CT molecular complexity index is 2080. The number of allylic oxidation sites excluding steroid dienone is 1. The van der Waals surface area contributed by atoms with Gasteiger partial charge in [0.15, 0.2) is 11.4 Å². The van der Waals surface area contributed by atoms with Crippen molar-refractivity contribution in [1.29, 1.82) is 0 Å². The zero-order valence-corrected chi connectivity index (χ0v) is 31.6. The number of phenols is 1. The number of aryl methyl sites for hydroxylation is 1. The molecule has 3 aromatic rings. The number of hydrogen-bond acceptors (Lipinski definition) is 13. The molecular weight excluding hydrogens is 708 g/mol. The number of nitrogens with one attached hydrogen (secondary N) is 1. The zero-order chi connectivity index (χ0) is 39.6. The number of aromatic nitrogens is 2. The van der Waals surface area contributed by atoms with Crippen LogP contribution >= 0.6 is 0 Å². The average Bonchev–Trinajstić information content (AvgIpc) is 3.15. The number of hydrazone groups is 1. The number of amides is 3. The van der Waals surface area contributed by atoms with Gasteiger partial charge in [0.2, 0.25) is 11.7 Å². The van der Waals surface area contributed by atoms with Crippen LogP contribution in [-0.4, -0.2) is 114 Å². The second-order valence-corrected chi connectivity index (χ2v) is 14.0. The van der Waals surface area contributed by atoms with Crippen LogP contribution in [0.3, 0.4) is 0 Å². The lowest BCUT2D eigenvalue weighted by Gasteiger charge is -2.44. The fourth-order valence-electron chi connectivity index (χ4n) is 6.71. The van der Waals surface area contributed by atoms with Gasteiger partial charge in [-0.2, -0.15) is 10.1 Å². The van der Waals surface area contributed by atoms with Crippen LogP contribution in [0.15, 0.2) is 71.6 Å². The highest BCUT2D eigenvalue weighted by molar-refractivity contribution is 6.02. The van der Waals surface area contributed by atoms with Crippen molar-refractivity contribution in [3.63, 3.8) is 0 Å². The quantitative estimate of drug-likeness (QED) is 0.134. The molecule has 4 N–H and O–H groups in total. The summed E-state index contributed by atoms with van der Waals surface area (Å²) >= 11 is 0. The smallest absolute Gasteiger partial charge is 0.298 e. The number of carbonyl (C=O) groups is 3. The van der Waals surface area contributed by atoms with Gasteiger partial charge in [-0.1, -0.05) is 25.6 Å². The first kappa shape index (κ1) is 38.7. The first-order valence-corrected chi connectivity index (χ1v) is 18.0. The molecule has 0 bridgehead atoms. The maximum absolute atomic E-state index is 14.5. The van der Waals surface area contributed by atoms with E-state index in [9.17, 15) is 29.7 Å². The number of benzene rings is 2. The summed E-state index contributed by atoms with van der Waals surface area (Å²) in [7, 11) is 0. The molecule has 0 radical (unpaired) electrons. The summed E-state index contributed by atoms with van der Waals surface area (Å²) in [6, 6.07) is 10.2. The molecule has 1 aromatic heterocycles. The minimum atomic E-state index is -1.48. The highest BCUT2D eigenvalue weighted by Crippen LogP contribution is 2.34. The van der Waals surface area contributed by atoms with E-state index in [1.54, 1.807) is 23.6 Å². The molecule has 6 rings (SSSR count). The summed E-state index contributed by atoms with van der Waals surface area (Å²) in [5.41, 5.74) is 4.78. The number of ether oxygens (including phenoxy) is 2. The van der Waals surface area contributed by atoms with E-state index in [-0.39, 0.29) is 67.2 Å². The molecule has 3 amide bonds. The number of hydrogen-bond donors (Lipinski definition) is 4. The van der Waals surface area contributed by atoms with E-state index >= 15 is 0 Å². The van der Waals surface area contributed by atoms with Gasteiger partial charge in [0.1, 0.15) is 35.9 Å². The van der Waals surface area contributed by atoms with Gasteiger partial charge in [-0.05, 0) is 61.6 Å². The number of phenolic OH excluding ortho intramolecular Hbond substituents is 1. The third kappa shape index (κ3) is 8.39. The lowest BCUT2D eigenvalue weighted by atomic mass is 9.99. The number of carbonyl (C=O) groups excluding carboxylic acids is 3. The highest BCUT2D eigenvalue weighted by atomic mass is 16.6. The lowest BCUT2D eigenvalue weighted by molar-refractivity contribution is -0.130. The molecule has 290 valence electrons. The Hall–Kier alpha value is -6.00. The fourth-order valence-corrected chi connectivity index (χ4v) is 6.71. The van der Waals surface area contributed by atoms with Crippen LogP contribution in [0.4, 0.5) is 5.69 Å². The third-order valence-corrected chi connectivity index (χ3v) is 9.54. The van der Waals surface area contributed by atoms with Crippen LogP contribution in [0, 0.1) is 6.92 Å². The predicted octanol–water partition coefficient (Wildman–Crippen LogP) is 3.43. The molecule has 0 saturated carbocycles. The summed E-state index contributed by atoms with van der Waals surface area (Å²) in [6.45, 7) is 14.2. The van der Waals surface area contributed by atoms with Crippen LogP contribution < -0.4 is 10.1 Å². The zero-order valence-electron chi connectivity index (χ0n) is 31.6. The van der Waals surface area contributed by atoms with Crippen molar-refractivity contribution >= 4 is 29.1 Å². The third-order valence-electron chi connectivity index (χ3n) is 9.54. The van der Waals surface area contributed by atoms with Crippen molar-refractivity contribution in [3.05, 3.63) is 94.6 Å². The van der Waals surface area contributed by atoms with Gasteiger partial charge in [-0.15, -0.1) is 0 Å². The van der Waals surface area contributed by atoms with Gasteiger partial charge in [0.05, 0.1) is 30.3 Å². The van der Waals surface area contributed by atoms with E-state index in [1.807, 2.05) is 30.0 Å². The Kier molecular flexibility index (Phi) is 11.1. The summed E-state index contributed by atoms with van der Waals surface area (Å²) in [5.74, 6) is -3.06. The number of rotatable bonds is 10. The molecule has 1 fully saturated rings. The molecular formula is C39H46N8O8. The van der Waals surface area contributed by atoms with Gasteiger partial charge in [-0.25, -0.2) is 9.97 Å². The van der Waals surface area contributed by atoms with Gasteiger partial charge in [0, 0.05) is 51.8 Å². The molecule has 0 atom stereocenters. The van der Waals surface area contributed by atoms with Crippen molar-refractivity contribution in [3.8, 4) is 17.2 Å². The molecule has 4 heterocycles. The van der Waals surface area contributed by atoms with E-state index in [1.165, 1.54) is 43.4 Å². The van der Waals surface area contributed by atoms with Crippen molar-refractivity contribution in [2.45, 2.75) is 59.9 Å². The van der Waals surface area contributed by atoms with E-state index in [2.05, 4.69) is 21.9 Å². The van der Waals surface area contributed by atoms with Gasteiger partial charge < -0.3 is 44.8 Å². The van der Waals surface area contributed by atoms with E-state index in [4.69, 9.17) is 14.6 Å². The Morgan fingerprint density at radius 1 is 1.07 bits per heavy atom. The molecule has 0 unspecified atom stereocenters. The van der Waals surface area contributed by atoms with Crippen LogP contribution in [-0.2, 0) is 27.4 Å². The van der Waals surface area contributed by atoms with E-state index in [0.717, 1.165) is 23.1 Å². The molecule has 3 aliphatic rings. The average molecular weight is 755 g/mol. The molecule has 0 spiro atoms. The maximum atomic E-state index is 14.5. The largest absolute Gasteiger partial charge is 0.506 e. The molecule has 2 aromatic carbocycles. The van der Waals surface area contributed by atoms with E-state index < -0.39 is 23.5 Å². The highest BCUT2D eigenvalue weighted by Gasteiger charge is 2.40. The van der Waals surface area contributed by atoms with Gasteiger partial charge >= 0.3 is 0 Å². The summed E-state index contributed by atoms with van der Waals surface area (Å²) in [6.07, 6.45) is 2.34. The minimum absolute atomic E-state index is 0.0900.